The van der Waals surface area contributed by atoms with Crippen molar-refractivity contribution in [2.45, 2.75) is 6.92 Å². The lowest BCUT2D eigenvalue weighted by molar-refractivity contribution is 0.602. The molecule has 3 N–H and O–H groups in total. The first-order valence-electron chi connectivity index (χ1n) is 6.71. The number of rotatable bonds is 4. The van der Waals surface area contributed by atoms with Crippen molar-refractivity contribution >= 4 is 27.3 Å². The van der Waals surface area contributed by atoms with Crippen molar-refractivity contribution in [2.24, 2.45) is 0 Å². The van der Waals surface area contributed by atoms with Gasteiger partial charge in [0.1, 0.15) is 0 Å². The van der Waals surface area contributed by atoms with E-state index in [0.29, 0.717) is 11.3 Å². The number of nitrogens with two attached hydrogens (primary N) is 1. The molecule has 7 nitrogen and oxygen atoms in total. The molecule has 0 spiro atoms. The van der Waals surface area contributed by atoms with Gasteiger partial charge in [-0.3, -0.25) is 4.72 Å². The minimum atomic E-state index is -3.37. The summed E-state index contributed by atoms with van der Waals surface area (Å²) in [6, 6.07) is 10.8. The molecule has 0 bridgehead atoms. The molecule has 0 aliphatic rings. The molecule has 0 unspecified atom stereocenters. The van der Waals surface area contributed by atoms with E-state index in [-0.39, 0.29) is 11.7 Å². The second kappa shape index (κ2) is 5.30. The fourth-order valence-electron chi connectivity index (χ4n) is 2.18. The number of nitrogens with zero attached hydrogens (tertiary/aromatic N) is 3. The van der Waals surface area contributed by atoms with Crippen molar-refractivity contribution in [1.82, 2.24) is 14.6 Å². The third kappa shape index (κ3) is 2.60. The Bertz CT molecular complexity index is 933. The highest BCUT2D eigenvalue weighted by Gasteiger charge is 2.14. The number of nitrogens with one attached hydrogen (secondary N) is 1. The second-order valence-electron chi connectivity index (χ2n) is 4.71. The Hall–Kier alpha value is -2.61. The Labute approximate surface area is 127 Å². The molecule has 0 saturated heterocycles. The zero-order chi connectivity index (χ0) is 15.7. The van der Waals surface area contributed by atoms with Gasteiger partial charge in [0.15, 0.2) is 5.65 Å². The zero-order valence-electron chi connectivity index (χ0n) is 11.9. The minimum absolute atomic E-state index is 0.00339. The highest BCUT2D eigenvalue weighted by atomic mass is 32.2. The highest BCUT2D eigenvalue weighted by molar-refractivity contribution is 7.92. The Morgan fingerprint density at radius 3 is 2.68 bits per heavy atom. The number of fused-ring (bicyclic) bond motifs is 1. The number of pyridine rings is 1. The molecule has 0 saturated carbocycles. The summed E-state index contributed by atoms with van der Waals surface area (Å²) in [6.07, 6.45) is 1.74. The molecule has 0 aliphatic heterocycles. The molecule has 0 fully saturated rings. The fourth-order valence-corrected chi connectivity index (χ4v) is 2.84. The van der Waals surface area contributed by atoms with E-state index >= 15 is 0 Å². The summed E-state index contributed by atoms with van der Waals surface area (Å²) in [5.41, 5.74) is 8.19. The van der Waals surface area contributed by atoms with Gasteiger partial charge in [-0.05, 0) is 25.1 Å². The Balaban J connectivity index is 2.19. The lowest BCUT2D eigenvalue weighted by Gasteiger charge is -2.12. The van der Waals surface area contributed by atoms with Crippen molar-refractivity contribution < 1.29 is 8.42 Å². The summed E-state index contributed by atoms with van der Waals surface area (Å²) in [4.78, 5) is 4.20. The maximum atomic E-state index is 11.9. The second-order valence-corrected chi connectivity index (χ2v) is 6.72. The molecular formula is C14H15N5O2S. The molecule has 0 amide bonds. The Kier molecular flexibility index (Phi) is 3.45. The molecule has 0 atom stereocenters. The molecule has 1 aromatic carbocycles. The first kappa shape index (κ1) is 14.3. The van der Waals surface area contributed by atoms with Crippen LogP contribution in [0.1, 0.15) is 6.92 Å². The normalized spacial score (nSPS) is 11.7. The lowest BCUT2D eigenvalue weighted by Crippen LogP contribution is -2.15. The average molecular weight is 317 g/mol. The van der Waals surface area contributed by atoms with E-state index in [1.165, 1.54) is 0 Å². The summed E-state index contributed by atoms with van der Waals surface area (Å²) in [6.45, 7) is 1.59. The summed E-state index contributed by atoms with van der Waals surface area (Å²) in [5, 5.41) is 4.06. The van der Waals surface area contributed by atoms with Gasteiger partial charge in [0.2, 0.25) is 16.0 Å². The van der Waals surface area contributed by atoms with Crippen LogP contribution in [-0.4, -0.2) is 28.8 Å². The van der Waals surface area contributed by atoms with Gasteiger partial charge >= 0.3 is 0 Å². The van der Waals surface area contributed by atoms with Crippen LogP contribution in [-0.2, 0) is 10.0 Å². The van der Waals surface area contributed by atoms with E-state index in [9.17, 15) is 8.42 Å². The van der Waals surface area contributed by atoms with Gasteiger partial charge in [0.25, 0.3) is 0 Å². The van der Waals surface area contributed by atoms with Crippen LogP contribution in [0.25, 0.3) is 16.8 Å². The Morgan fingerprint density at radius 2 is 1.91 bits per heavy atom. The van der Waals surface area contributed by atoms with Gasteiger partial charge in [0, 0.05) is 17.3 Å². The SMILES string of the molecule is CCS(=O)(=O)Nc1ccccc1-c1cccn2nc(N)nc12. The quantitative estimate of drug-likeness (QED) is 0.763. The topological polar surface area (TPSA) is 102 Å². The number of benzene rings is 1. The fraction of sp³-hybridized carbons (Fsp3) is 0.143. The number of hydrogen-bond donors (Lipinski definition) is 2. The monoisotopic (exact) mass is 317 g/mol. The molecule has 8 heteroatoms. The van der Waals surface area contributed by atoms with Crippen LogP contribution in [0, 0.1) is 0 Å². The van der Waals surface area contributed by atoms with Crippen molar-refractivity contribution in [3.63, 3.8) is 0 Å². The van der Waals surface area contributed by atoms with Crippen LogP contribution in [0.2, 0.25) is 0 Å². The smallest absolute Gasteiger partial charge is 0.240 e. The van der Waals surface area contributed by atoms with Crippen molar-refractivity contribution in [3.8, 4) is 11.1 Å². The minimum Gasteiger partial charge on any atom is -0.366 e. The molecule has 3 aromatic rings. The largest absolute Gasteiger partial charge is 0.366 e. The average Bonchev–Trinajstić information content (AvgIpc) is 2.87. The summed E-state index contributed by atoms with van der Waals surface area (Å²) in [7, 11) is -3.37. The standard InChI is InChI=1S/C14H15N5O2S/c1-2-22(20,21)18-12-8-4-3-6-10(12)11-7-5-9-19-13(11)16-14(15)17-19/h3-9,18H,2H2,1H3,(H2,15,17). The molecule has 2 aromatic heterocycles. The van der Waals surface area contributed by atoms with Gasteiger partial charge in [-0.25, -0.2) is 12.9 Å². The number of para-hydroxylation sites is 1. The highest BCUT2D eigenvalue weighted by Crippen LogP contribution is 2.31. The van der Waals surface area contributed by atoms with E-state index in [2.05, 4.69) is 14.8 Å². The third-order valence-electron chi connectivity index (χ3n) is 3.24. The van der Waals surface area contributed by atoms with Gasteiger partial charge in [-0.2, -0.15) is 4.98 Å². The zero-order valence-corrected chi connectivity index (χ0v) is 12.7. The third-order valence-corrected chi connectivity index (χ3v) is 4.53. The molecule has 2 heterocycles. The number of aromatic nitrogens is 3. The molecule has 0 aliphatic carbocycles. The number of sulfonamides is 1. The number of hydrogen-bond acceptors (Lipinski definition) is 5. The van der Waals surface area contributed by atoms with E-state index in [4.69, 9.17) is 5.73 Å². The summed E-state index contributed by atoms with van der Waals surface area (Å²) >= 11 is 0. The van der Waals surface area contributed by atoms with E-state index in [0.717, 1.165) is 11.1 Å². The molecule has 3 rings (SSSR count). The Morgan fingerprint density at radius 1 is 1.18 bits per heavy atom. The first-order chi connectivity index (χ1) is 10.5. The molecule has 114 valence electrons. The van der Waals surface area contributed by atoms with Gasteiger partial charge in [-0.1, -0.05) is 18.2 Å². The van der Waals surface area contributed by atoms with Gasteiger partial charge in [0.05, 0.1) is 11.4 Å². The predicted molar refractivity (Wildman–Crippen MR) is 85.9 cm³/mol. The molecule has 0 radical (unpaired) electrons. The first-order valence-corrected chi connectivity index (χ1v) is 8.36. The number of nitrogen functional groups attached to an aromatic ring is 1. The molecular weight excluding hydrogens is 302 g/mol. The van der Waals surface area contributed by atoms with Gasteiger partial charge in [-0.15, -0.1) is 5.10 Å². The lowest BCUT2D eigenvalue weighted by atomic mass is 10.1. The van der Waals surface area contributed by atoms with E-state index < -0.39 is 10.0 Å². The summed E-state index contributed by atoms with van der Waals surface area (Å²) < 4.78 is 27.9. The van der Waals surface area contributed by atoms with Gasteiger partial charge < -0.3 is 5.73 Å². The van der Waals surface area contributed by atoms with Crippen molar-refractivity contribution in [1.29, 1.82) is 0 Å². The maximum absolute atomic E-state index is 11.9. The predicted octanol–water partition coefficient (Wildman–Crippen LogP) is 1.74. The summed E-state index contributed by atoms with van der Waals surface area (Å²) in [5.74, 6) is 0.169. The van der Waals surface area contributed by atoms with Crippen LogP contribution in [0.15, 0.2) is 42.6 Å². The molecule has 22 heavy (non-hydrogen) atoms. The van der Waals surface area contributed by atoms with Crippen LogP contribution in [0.3, 0.4) is 0 Å². The van der Waals surface area contributed by atoms with Crippen LogP contribution >= 0.6 is 0 Å². The maximum Gasteiger partial charge on any atom is 0.240 e. The van der Waals surface area contributed by atoms with E-state index in [1.807, 2.05) is 24.3 Å². The van der Waals surface area contributed by atoms with Crippen molar-refractivity contribution in [2.75, 3.05) is 16.2 Å². The number of anilines is 2. The van der Waals surface area contributed by atoms with E-state index in [1.54, 1.807) is 29.8 Å². The van der Waals surface area contributed by atoms with Crippen LogP contribution < -0.4 is 10.5 Å². The van der Waals surface area contributed by atoms with Crippen LogP contribution in [0.4, 0.5) is 11.6 Å². The van der Waals surface area contributed by atoms with Crippen molar-refractivity contribution in [3.05, 3.63) is 42.6 Å². The van der Waals surface area contributed by atoms with Crippen LogP contribution in [0.5, 0.6) is 0 Å².